The molecular weight excluding hydrogens is 452 g/mol. The summed E-state index contributed by atoms with van der Waals surface area (Å²) in [6.45, 7) is 0.735. The molecule has 0 aliphatic heterocycles. The third-order valence-corrected chi connectivity index (χ3v) is 5.59. The molecule has 4 aromatic rings. The largest absolute Gasteiger partial charge is 0.496 e. The number of ether oxygens (including phenoxy) is 3. The van der Waals surface area contributed by atoms with E-state index in [0.717, 1.165) is 22.3 Å². The summed E-state index contributed by atoms with van der Waals surface area (Å²) in [6, 6.07) is 26.6. The van der Waals surface area contributed by atoms with Crippen LogP contribution in [0.3, 0.4) is 0 Å². The molecule has 0 aliphatic carbocycles. The average molecular weight is 481 g/mol. The molecule has 0 bridgehead atoms. The number of amides is 1. The minimum Gasteiger partial charge on any atom is -0.496 e. The second kappa shape index (κ2) is 12.2. The van der Waals surface area contributed by atoms with Crippen molar-refractivity contribution in [2.45, 2.75) is 13.2 Å². The van der Waals surface area contributed by atoms with Crippen LogP contribution < -0.4 is 19.5 Å². The molecule has 1 heterocycles. The van der Waals surface area contributed by atoms with Gasteiger partial charge in [-0.25, -0.2) is 0 Å². The van der Waals surface area contributed by atoms with Gasteiger partial charge in [-0.2, -0.15) is 0 Å². The minimum absolute atomic E-state index is 0.191. The highest BCUT2D eigenvalue weighted by Gasteiger charge is 2.14. The van der Waals surface area contributed by atoms with Crippen molar-refractivity contribution in [1.29, 1.82) is 0 Å². The molecule has 1 aromatic heterocycles. The second-order valence-corrected chi connectivity index (χ2v) is 7.98. The van der Waals surface area contributed by atoms with Crippen molar-refractivity contribution in [2.24, 2.45) is 0 Å². The molecule has 6 heteroatoms. The van der Waals surface area contributed by atoms with Crippen molar-refractivity contribution in [1.82, 2.24) is 10.3 Å². The Morgan fingerprint density at radius 1 is 0.806 bits per heavy atom. The Morgan fingerprint density at radius 2 is 1.53 bits per heavy atom. The highest BCUT2D eigenvalue weighted by molar-refractivity contribution is 6.24. The lowest BCUT2D eigenvalue weighted by Crippen LogP contribution is -2.24. The van der Waals surface area contributed by atoms with Crippen LogP contribution in [0.15, 0.2) is 97.3 Å². The molecule has 0 atom stereocenters. The number of para-hydroxylation sites is 1. The first-order chi connectivity index (χ1) is 17.7. The summed E-state index contributed by atoms with van der Waals surface area (Å²) in [5, 5.41) is 3.03. The van der Waals surface area contributed by atoms with E-state index in [1.54, 1.807) is 26.6 Å². The summed E-state index contributed by atoms with van der Waals surface area (Å²) in [6.07, 6.45) is 5.31. The van der Waals surface area contributed by atoms with Gasteiger partial charge in [0.2, 0.25) is 0 Å². The molecular formula is C30H28N2O4. The van der Waals surface area contributed by atoms with Gasteiger partial charge in [-0.3, -0.25) is 9.78 Å². The molecule has 0 saturated heterocycles. The summed E-state index contributed by atoms with van der Waals surface area (Å²) in [4.78, 5) is 17.3. The van der Waals surface area contributed by atoms with Crippen LogP contribution in [0.5, 0.6) is 17.2 Å². The molecule has 0 radical (unpaired) electrons. The Labute approximate surface area is 211 Å². The van der Waals surface area contributed by atoms with E-state index < -0.39 is 0 Å². The molecule has 182 valence electrons. The second-order valence-electron chi connectivity index (χ2n) is 7.98. The van der Waals surface area contributed by atoms with Gasteiger partial charge in [-0.15, -0.1) is 0 Å². The molecule has 0 fully saturated rings. The number of rotatable bonds is 10. The van der Waals surface area contributed by atoms with E-state index in [2.05, 4.69) is 10.3 Å². The van der Waals surface area contributed by atoms with Gasteiger partial charge in [0.15, 0.2) is 11.5 Å². The summed E-state index contributed by atoms with van der Waals surface area (Å²) in [7, 11) is 3.22. The lowest BCUT2D eigenvalue weighted by atomic mass is 10.0. The smallest absolute Gasteiger partial charge is 0.252 e. The maximum Gasteiger partial charge on any atom is 0.252 e. The van der Waals surface area contributed by atoms with Gasteiger partial charge in [0, 0.05) is 30.1 Å². The van der Waals surface area contributed by atoms with E-state index in [-0.39, 0.29) is 5.91 Å². The Kier molecular flexibility index (Phi) is 8.33. The van der Waals surface area contributed by atoms with E-state index in [1.165, 1.54) is 0 Å². The van der Waals surface area contributed by atoms with Crippen LogP contribution >= 0.6 is 0 Å². The van der Waals surface area contributed by atoms with Crippen molar-refractivity contribution in [3.05, 3.63) is 120 Å². The molecule has 4 rings (SSSR count). The number of benzene rings is 3. The van der Waals surface area contributed by atoms with Crippen LogP contribution in [0, 0.1) is 0 Å². The van der Waals surface area contributed by atoms with Crippen LogP contribution in [0.4, 0.5) is 0 Å². The third kappa shape index (κ3) is 6.30. The number of nitrogens with zero attached hydrogens (tertiary/aromatic N) is 1. The first kappa shape index (κ1) is 24.5. The molecule has 0 aliphatic rings. The van der Waals surface area contributed by atoms with Crippen LogP contribution in [-0.4, -0.2) is 25.1 Å². The van der Waals surface area contributed by atoms with Crippen molar-refractivity contribution in [3.8, 4) is 17.2 Å². The molecule has 0 unspecified atom stereocenters. The third-order valence-electron chi connectivity index (χ3n) is 5.59. The lowest BCUT2D eigenvalue weighted by molar-refractivity contribution is -0.115. The number of pyridine rings is 1. The predicted molar refractivity (Wildman–Crippen MR) is 141 cm³/mol. The van der Waals surface area contributed by atoms with Crippen molar-refractivity contribution in [3.63, 3.8) is 0 Å². The topological polar surface area (TPSA) is 69.7 Å². The number of aromatic nitrogens is 1. The molecule has 3 aromatic carbocycles. The lowest BCUT2D eigenvalue weighted by Gasteiger charge is -2.14. The maximum absolute atomic E-state index is 13.3. The SMILES string of the molecule is COc1ccccc1C=C(C(=O)NCc1ccc(OCc2ccncc2)c(OC)c1)c1ccccc1. The van der Waals surface area contributed by atoms with Gasteiger partial charge in [0.25, 0.3) is 5.91 Å². The van der Waals surface area contributed by atoms with Crippen molar-refractivity contribution < 1.29 is 19.0 Å². The van der Waals surface area contributed by atoms with Crippen LogP contribution in [0.25, 0.3) is 11.6 Å². The average Bonchev–Trinajstić information content (AvgIpc) is 2.94. The van der Waals surface area contributed by atoms with Gasteiger partial charge in [-0.1, -0.05) is 54.6 Å². The number of hydrogen-bond acceptors (Lipinski definition) is 5. The normalized spacial score (nSPS) is 11.0. The molecule has 1 amide bonds. The first-order valence-corrected chi connectivity index (χ1v) is 11.5. The molecule has 6 nitrogen and oxygen atoms in total. The van der Waals surface area contributed by atoms with Crippen LogP contribution in [0.1, 0.15) is 22.3 Å². The Morgan fingerprint density at radius 3 is 2.28 bits per heavy atom. The summed E-state index contributed by atoms with van der Waals surface area (Å²) in [5.74, 6) is 1.74. The summed E-state index contributed by atoms with van der Waals surface area (Å²) >= 11 is 0. The van der Waals surface area contributed by atoms with Gasteiger partial charge < -0.3 is 19.5 Å². The number of carbonyl (C=O) groups is 1. The zero-order valence-corrected chi connectivity index (χ0v) is 20.3. The Bertz CT molecular complexity index is 1320. The fourth-order valence-corrected chi connectivity index (χ4v) is 3.70. The quantitative estimate of drug-likeness (QED) is 0.239. The Balaban J connectivity index is 1.50. The monoisotopic (exact) mass is 480 g/mol. The molecule has 0 spiro atoms. The zero-order chi connectivity index (χ0) is 25.2. The standard InChI is InChI=1S/C30H28N2O4/c1-34-27-11-7-6-10-25(27)19-26(24-8-4-3-5-9-24)30(33)32-20-23-12-13-28(29(18-23)35-2)36-21-22-14-16-31-17-15-22/h3-19H,20-21H2,1-2H3,(H,32,33). The van der Waals surface area contributed by atoms with Gasteiger partial charge in [0.1, 0.15) is 12.4 Å². The van der Waals surface area contributed by atoms with E-state index in [9.17, 15) is 4.79 Å². The van der Waals surface area contributed by atoms with E-state index in [0.29, 0.717) is 36.0 Å². The highest BCUT2D eigenvalue weighted by atomic mass is 16.5. The zero-order valence-electron chi connectivity index (χ0n) is 20.3. The first-order valence-electron chi connectivity index (χ1n) is 11.5. The van der Waals surface area contributed by atoms with Crippen molar-refractivity contribution in [2.75, 3.05) is 14.2 Å². The minimum atomic E-state index is -0.191. The number of methoxy groups -OCH3 is 2. The van der Waals surface area contributed by atoms with E-state index >= 15 is 0 Å². The summed E-state index contributed by atoms with van der Waals surface area (Å²) < 4.78 is 16.9. The van der Waals surface area contributed by atoms with Crippen molar-refractivity contribution >= 4 is 17.6 Å². The predicted octanol–water partition coefficient (Wildman–Crippen LogP) is 5.53. The Hall–Kier alpha value is -4.58. The van der Waals surface area contributed by atoms with Gasteiger partial charge in [-0.05, 0) is 53.1 Å². The van der Waals surface area contributed by atoms with Crippen LogP contribution in [0.2, 0.25) is 0 Å². The fourth-order valence-electron chi connectivity index (χ4n) is 3.70. The van der Waals surface area contributed by atoms with Gasteiger partial charge in [0.05, 0.1) is 14.2 Å². The maximum atomic E-state index is 13.3. The summed E-state index contributed by atoms with van der Waals surface area (Å²) in [5.41, 5.74) is 4.09. The van der Waals surface area contributed by atoms with E-state index in [1.807, 2.05) is 91.0 Å². The molecule has 0 saturated carbocycles. The van der Waals surface area contributed by atoms with Crippen LogP contribution in [-0.2, 0) is 17.9 Å². The fraction of sp³-hybridized carbons (Fsp3) is 0.133. The number of carbonyl (C=O) groups excluding carboxylic acids is 1. The molecule has 36 heavy (non-hydrogen) atoms. The van der Waals surface area contributed by atoms with Gasteiger partial charge >= 0.3 is 0 Å². The molecule has 1 N–H and O–H groups in total. The highest BCUT2D eigenvalue weighted by Crippen LogP contribution is 2.29. The van der Waals surface area contributed by atoms with E-state index in [4.69, 9.17) is 14.2 Å². The number of nitrogens with one attached hydrogen (secondary N) is 1. The number of hydrogen-bond donors (Lipinski definition) is 1.